The second-order valence-electron chi connectivity index (χ2n) is 4.95. The molecule has 19 heavy (non-hydrogen) atoms. The number of anilines is 1. The second-order valence-corrected chi connectivity index (χ2v) is 4.95. The van der Waals surface area contributed by atoms with Crippen LogP contribution in [0, 0.1) is 16.0 Å². The van der Waals surface area contributed by atoms with Gasteiger partial charge in [-0.2, -0.15) is 0 Å². The lowest BCUT2D eigenvalue weighted by molar-refractivity contribution is -0.384. The van der Waals surface area contributed by atoms with Crippen LogP contribution in [0.1, 0.15) is 13.3 Å². The van der Waals surface area contributed by atoms with E-state index in [9.17, 15) is 10.1 Å². The number of nitrogens with zero attached hydrogens (tertiary/aromatic N) is 2. The number of benzene rings is 1. The van der Waals surface area contributed by atoms with Gasteiger partial charge in [-0.1, -0.05) is 0 Å². The SMILES string of the molecule is COc1ccc([N+](=O)[O-])c(N2CC(CN)CC2C)c1. The molecule has 1 aromatic rings. The number of nitrogens with two attached hydrogens (primary N) is 1. The molecular formula is C13H19N3O3. The first-order chi connectivity index (χ1) is 9.06. The average molecular weight is 265 g/mol. The van der Waals surface area contributed by atoms with Crippen molar-refractivity contribution >= 4 is 11.4 Å². The van der Waals surface area contributed by atoms with Crippen LogP contribution < -0.4 is 15.4 Å². The summed E-state index contributed by atoms with van der Waals surface area (Å²) < 4.78 is 5.16. The standard InChI is InChI=1S/C13H19N3O3/c1-9-5-10(7-14)8-15(9)13-6-11(19-2)3-4-12(13)16(17)18/h3-4,6,9-10H,5,7-8,14H2,1-2H3. The summed E-state index contributed by atoms with van der Waals surface area (Å²) in [5, 5.41) is 11.1. The van der Waals surface area contributed by atoms with E-state index >= 15 is 0 Å². The Bertz CT molecular complexity index is 478. The van der Waals surface area contributed by atoms with Crippen molar-refractivity contribution in [1.82, 2.24) is 0 Å². The van der Waals surface area contributed by atoms with Crippen LogP contribution in [0.25, 0.3) is 0 Å². The molecule has 0 aromatic heterocycles. The minimum Gasteiger partial charge on any atom is -0.497 e. The predicted octanol–water partition coefficient (Wildman–Crippen LogP) is 1.78. The molecule has 1 saturated heterocycles. The van der Waals surface area contributed by atoms with Gasteiger partial charge in [-0.05, 0) is 31.9 Å². The lowest BCUT2D eigenvalue weighted by Gasteiger charge is -2.24. The van der Waals surface area contributed by atoms with Crippen molar-refractivity contribution in [2.75, 3.05) is 25.1 Å². The molecule has 2 N–H and O–H groups in total. The van der Waals surface area contributed by atoms with Gasteiger partial charge in [0.1, 0.15) is 11.4 Å². The van der Waals surface area contributed by atoms with Crippen LogP contribution in [-0.4, -0.2) is 31.2 Å². The fourth-order valence-electron chi connectivity index (χ4n) is 2.66. The van der Waals surface area contributed by atoms with Gasteiger partial charge in [-0.3, -0.25) is 10.1 Å². The lowest BCUT2D eigenvalue weighted by atomic mass is 10.1. The fourth-order valence-corrected chi connectivity index (χ4v) is 2.66. The number of nitro benzene ring substituents is 1. The second kappa shape index (κ2) is 5.44. The number of ether oxygens (including phenoxy) is 1. The summed E-state index contributed by atoms with van der Waals surface area (Å²) in [6, 6.07) is 5.09. The van der Waals surface area contributed by atoms with Crippen molar-refractivity contribution in [3.63, 3.8) is 0 Å². The van der Waals surface area contributed by atoms with Crippen LogP contribution in [0.2, 0.25) is 0 Å². The highest BCUT2D eigenvalue weighted by Crippen LogP contribution is 2.37. The van der Waals surface area contributed by atoms with E-state index in [1.54, 1.807) is 19.2 Å². The highest BCUT2D eigenvalue weighted by Gasteiger charge is 2.32. The largest absolute Gasteiger partial charge is 0.497 e. The summed E-state index contributed by atoms with van der Waals surface area (Å²) in [6.45, 7) is 3.43. The first-order valence-electron chi connectivity index (χ1n) is 6.36. The number of rotatable bonds is 4. The molecule has 0 bridgehead atoms. The molecule has 1 aromatic carbocycles. The van der Waals surface area contributed by atoms with Crippen molar-refractivity contribution < 1.29 is 9.66 Å². The van der Waals surface area contributed by atoms with Crippen molar-refractivity contribution in [2.24, 2.45) is 11.7 Å². The van der Waals surface area contributed by atoms with Crippen LogP contribution in [0.3, 0.4) is 0 Å². The Morgan fingerprint density at radius 1 is 1.58 bits per heavy atom. The van der Waals surface area contributed by atoms with Gasteiger partial charge in [0.15, 0.2) is 0 Å². The normalized spacial score (nSPS) is 22.6. The van der Waals surface area contributed by atoms with Crippen molar-refractivity contribution in [3.05, 3.63) is 28.3 Å². The van der Waals surface area contributed by atoms with Crippen LogP contribution in [0.5, 0.6) is 5.75 Å². The summed E-state index contributed by atoms with van der Waals surface area (Å²) in [5.41, 5.74) is 6.44. The van der Waals surface area contributed by atoms with E-state index in [0.717, 1.165) is 13.0 Å². The number of hydrogen-bond acceptors (Lipinski definition) is 5. The van der Waals surface area contributed by atoms with Crippen molar-refractivity contribution in [3.8, 4) is 5.75 Å². The molecule has 6 nitrogen and oxygen atoms in total. The number of methoxy groups -OCH3 is 1. The molecular weight excluding hydrogens is 246 g/mol. The Hall–Kier alpha value is -1.82. The zero-order valence-electron chi connectivity index (χ0n) is 11.2. The van der Waals surface area contributed by atoms with Gasteiger partial charge in [-0.25, -0.2) is 0 Å². The molecule has 0 aliphatic carbocycles. The molecule has 6 heteroatoms. The van der Waals surface area contributed by atoms with E-state index in [-0.39, 0.29) is 16.7 Å². The zero-order valence-corrected chi connectivity index (χ0v) is 11.2. The Labute approximate surface area is 112 Å². The third-order valence-corrected chi connectivity index (χ3v) is 3.68. The molecule has 0 spiro atoms. The molecule has 0 radical (unpaired) electrons. The molecule has 2 atom stereocenters. The maximum Gasteiger partial charge on any atom is 0.292 e. The minimum atomic E-state index is -0.350. The lowest BCUT2D eigenvalue weighted by Crippen LogP contribution is -2.28. The molecule has 1 heterocycles. The third-order valence-electron chi connectivity index (χ3n) is 3.68. The van der Waals surface area contributed by atoms with E-state index in [2.05, 4.69) is 11.8 Å². The van der Waals surface area contributed by atoms with Gasteiger partial charge in [0.2, 0.25) is 0 Å². The van der Waals surface area contributed by atoms with Crippen LogP contribution >= 0.6 is 0 Å². The van der Waals surface area contributed by atoms with Gasteiger partial charge >= 0.3 is 0 Å². The molecule has 1 aliphatic rings. The van der Waals surface area contributed by atoms with Gasteiger partial charge < -0.3 is 15.4 Å². The quantitative estimate of drug-likeness (QED) is 0.663. The molecule has 0 amide bonds. The van der Waals surface area contributed by atoms with Crippen molar-refractivity contribution in [2.45, 2.75) is 19.4 Å². The summed E-state index contributed by atoms with van der Waals surface area (Å²) >= 11 is 0. The summed E-state index contributed by atoms with van der Waals surface area (Å²) in [4.78, 5) is 12.9. The van der Waals surface area contributed by atoms with Gasteiger partial charge in [0, 0.05) is 24.7 Å². The highest BCUT2D eigenvalue weighted by molar-refractivity contribution is 5.66. The minimum absolute atomic E-state index is 0.116. The monoisotopic (exact) mass is 265 g/mol. The Morgan fingerprint density at radius 3 is 2.84 bits per heavy atom. The first-order valence-corrected chi connectivity index (χ1v) is 6.36. The topological polar surface area (TPSA) is 81.6 Å². The average Bonchev–Trinajstić information content (AvgIpc) is 2.79. The van der Waals surface area contributed by atoms with Crippen LogP contribution in [0.15, 0.2) is 18.2 Å². The number of hydrogen-bond donors (Lipinski definition) is 1. The maximum atomic E-state index is 11.1. The molecule has 0 saturated carbocycles. The van der Waals surface area contributed by atoms with Gasteiger partial charge in [0.05, 0.1) is 12.0 Å². The zero-order chi connectivity index (χ0) is 14.0. The van der Waals surface area contributed by atoms with Gasteiger partial charge in [-0.15, -0.1) is 0 Å². The maximum absolute atomic E-state index is 11.1. The fraction of sp³-hybridized carbons (Fsp3) is 0.538. The summed E-state index contributed by atoms with van der Waals surface area (Å²) in [5.74, 6) is 1.02. The summed E-state index contributed by atoms with van der Waals surface area (Å²) in [6.07, 6.45) is 0.963. The van der Waals surface area contributed by atoms with Crippen LogP contribution in [-0.2, 0) is 0 Å². The number of nitro groups is 1. The summed E-state index contributed by atoms with van der Waals surface area (Å²) in [7, 11) is 1.56. The van der Waals surface area contributed by atoms with Crippen LogP contribution in [0.4, 0.5) is 11.4 Å². The van der Waals surface area contributed by atoms with E-state index < -0.39 is 0 Å². The predicted molar refractivity (Wildman–Crippen MR) is 73.6 cm³/mol. The van der Waals surface area contributed by atoms with Gasteiger partial charge in [0.25, 0.3) is 5.69 Å². The Balaban J connectivity index is 2.39. The molecule has 1 fully saturated rings. The smallest absolute Gasteiger partial charge is 0.292 e. The van der Waals surface area contributed by atoms with E-state index in [1.807, 2.05) is 0 Å². The first kappa shape index (κ1) is 13.6. The Kier molecular flexibility index (Phi) is 3.90. The molecule has 2 rings (SSSR count). The Morgan fingerprint density at radius 2 is 2.32 bits per heavy atom. The highest BCUT2D eigenvalue weighted by atomic mass is 16.6. The van der Waals surface area contributed by atoms with E-state index in [4.69, 9.17) is 10.5 Å². The third kappa shape index (κ3) is 2.63. The molecule has 1 aliphatic heterocycles. The van der Waals surface area contributed by atoms with E-state index in [0.29, 0.717) is 23.9 Å². The van der Waals surface area contributed by atoms with E-state index in [1.165, 1.54) is 6.07 Å². The van der Waals surface area contributed by atoms with Crippen molar-refractivity contribution in [1.29, 1.82) is 0 Å². The molecule has 104 valence electrons. The molecule has 2 unspecified atom stereocenters.